The standard InChI is InChI=1S/C18H15N3O4/c1-13-6-7-14(12-20-13)23-9-3-2-8-19-18(22)15-11-17(25-21-15)16-5-4-10-24-16/h4-7,10-12H,8-9H2,1H3,(H,19,22). The van der Waals surface area contributed by atoms with Crippen molar-refractivity contribution < 1.29 is 18.5 Å². The van der Waals surface area contributed by atoms with E-state index in [2.05, 4.69) is 27.3 Å². The summed E-state index contributed by atoms with van der Waals surface area (Å²) in [6.45, 7) is 2.29. The molecule has 126 valence electrons. The lowest BCUT2D eigenvalue weighted by molar-refractivity contribution is 0.0949. The molecule has 0 atom stereocenters. The van der Waals surface area contributed by atoms with Crippen LogP contribution in [0.1, 0.15) is 16.2 Å². The van der Waals surface area contributed by atoms with Gasteiger partial charge in [0.25, 0.3) is 5.91 Å². The second-order valence-electron chi connectivity index (χ2n) is 5.01. The number of pyridine rings is 1. The van der Waals surface area contributed by atoms with Gasteiger partial charge in [0.05, 0.1) is 19.0 Å². The minimum Gasteiger partial charge on any atom is -0.479 e. The Morgan fingerprint density at radius 1 is 1.28 bits per heavy atom. The number of nitrogens with one attached hydrogen (secondary N) is 1. The fraction of sp³-hybridized carbons (Fsp3) is 0.167. The first-order valence-electron chi connectivity index (χ1n) is 7.52. The summed E-state index contributed by atoms with van der Waals surface area (Å²) < 4.78 is 15.7. The predicted molar refractivity (Wildman–Crippen MR) is 88.8 cm³/mol. The monoisotopic (exact) mass is 337 g/mol. The summed E-state index contributed by atoms with van der Waals surface area (Å²) in [5.41, 5.74) is 1.08. The van der Waals surface area contributed by atoms with Crippen LogP contribution in [0.4, 0.5) is 0 Å². The van der Waals surface area contributed by atoms with E-state index in [4.69, 9.17) is 13.7 Å². The smallest absolute Gasteiger partial charge is 0.274 e. The number of aryl methyl sites for hydroxylation is 1. The second kappa shape index (κ2) is 7.84. The predicted octanol–water partition coefficient (Wildman–Crippen LogP) is 2.45. The zero-order chi connectivity index (χ0) is 17.5. The van der Waals surface area contributed by atoms with E-state index in [1.54, 1.807) is 18.3 Å². The Kier molecular flexibility index (Phi) is 5.12. The van der Waals surface area contributed by atoms with Crippen LogP contribution in [0.5, 0.6) is 5.75 Å². The Balaban J connectivity index is 1.43. The van der Waals surface area contributed by atoms with Gasteiger partial charge in [-0.3, -0.25) is 9.78 Å². The molecule has 0 saturated carbocycles. The highest BCUT2D eigenvalue weighted by Gasteiger charge is 2.14. The van der Waals surface area contributed by atoms with Crippen molar-refractivity contribution in [1.29, 1.82) is 0 Å². The number of carbonyl (C=O) groups is 1. The maximum atomic E-state index is 11.9. The van der Waals surface area contributed by atoms with Crippen molar-refractivity contribution in [3.63, 3.8) is 0 Å². The first-order valence-corrected chi connectivity index (χ1v) is 7.52. The van der Waals surface area contributed by atoms with Crippen molar-refractivity contribution >= 4 is 5.91 Å². The SMILES string of the molecule is Cc1ccc(OCC#CCNC(=O)c2cc(-c3ccco3)on2)cn1. The number of rotatable bonds is 5. The van der Waals surface area contributed by atoms with E-state index in [-0.39, 0.29) is 24.8 Å². The largest absolute Gasteiger partial charge is 0.479 e. The quantitative estimate of drug-likeness (QED) is 0.719. The van der Waals surface area contributed by atoms with Gasteiger partial charge in [-0.25, -0.2) is 0 Å². The molecule has 3 aromatic heterocycles. The second-order valence-corrected chi connectivity index (χ2v) is 5.01. The van der Waals surface area contributed by atoms with E-state index in [1.807, 2.05) is 19.1 Å². The molecular formula is C18H15N3O4. The van der Waals surface area contributed by atoms with Crippen LogP contribution >= 0.6 is 0 Å². The molecule has 3 heterocycles. The summed E-state index contributed by atoms with van der Waals surface area (Å²) in [5.74, 6) is 6.78. The van der Waals surface area contributed by atoms with Gasteiger partial charge in [0, 0.05) is 11.8 Å². The van der Waals surface area contributed by atoms with Crippen molar-refractivity contribution in [3.05, 3.63) is 54.2 Å². The summed E-state index contributed by atoms with van der Waals surface area (Å²) >= 11 is 0. The molecule has 7 nitrogen and oxygen atoms in total. The fourth-order valence-electron chi connectivity index (χ4n) is 1.90. The molecule has 1 amide bonds. The van der Waals surface area contributed by atoms with Crippen molar-refractivity contribution in [2.24, 2.45) is 0 Å². The zero-order valence-corrected chi connectivity index (χ0v) is 13.5. The van der Waals surface area contributed by atoms with Crippen LogP contribution in [0, 0.1) is 18.8 Å². The lowest BCUT2D eigenvalue weighted by Gasteiger charge is -2.00. The van der Waals surface area contributed by atoms with Gasteiger partial charge in [0.2, 0.25) is 5.76 Å². The van der Waals surface area contributed by atoms with Crippen LogP contribution < -0.4 is 10.1 Å². The first kappa shape index (κ1) is 16.3. The van der Waals surface area contributed by atoms with Crippen molar-refractivity contribution in [2.75, 3.05) is 13.2 Å². The van der Waals surface area contributed by atoms with Gasteiger partial charge in [-0.1, -0.05) is 17.0 Å². The number of carbonyl (C=O) groups excluding carboxylic acids is 1. The molecule has 0 aliphatic carbocycles. The number of ether oxygens (including phenoxy) is 1. The molecule has 0 aliphatic rings. The molecular weight excluding hydrogens is 322 g/mol. The number of nitrogens with zero attached hydrogens (tertiary/aromatic N) is 2. The van der Waals surface area contributed by atoms with Crippen LogP contribution in [-0.4, -0.2) is 29.2 Å². The van der Waals surface area contributed by atoms with Gasteiger partial charge in [-0.15, -0.1) is 0 Å². The highest BCUT2D eigenvalue weighted by molar-refractivity contribution is 5.93. The van der Waals surface area contributed by atoms with Gasteiger partial charge in [0.15, 0.2) is 11.5 Å². The highest BCUT2D eigenvalue weighted by Crippen LogP contribution is 2.20. The van der Waals surface area contributed by atoms with E-state index in [0.29, 0.717) is 17.3 Å². The molecule has 0 radical (unpaired) electrons. The Morgan fingerprint density at radius 2 is 2.20 bits per heavy atom. The number of hydrogen-bond acceptors (Lipinski definition) is 6. The lowest BCUT2D eigenvalue weighted by atomic mass is 10.3. The van der Waals surface area contributed by atoms with Gasteiger partial charge in [0.1, 0.15) is 12.4 Å². The molecule has 0 saturated heterocycles. The number of furan rings is 1. The molecule has 0 bridgehead atoms. The van der Waals surface area contributed by atoms with Crippen LogP contribution in [0.25, 0.3) is 11.5 Å². The Bertz CT molecular complexity index is 887. The molecule has 0 fully saturated rings. The average molecular weight is 337 g/mol. The van der Waals surface area contributed by atoms with Gasteiger partial charge < -0.3 is 19.0 Å². The third-order valence-electron chi connectivity index (χ3n) is 3.16. The van der Waals surface area contributed by atoms with Gasteiger partial charge in [-0.2, -0.15) is 0 Å². The third kappa shape index (κ3) is 4.48. The third-order valence-corrected chi connectivity index (χ3v) is 3.16. The van der Waals surface area contributed by atoms with Crippen molar-refractivity contribution in [1.82, 2.24) is 15.5 Å². The normalized spacial score (nSPS) is 9.96. The minimum atomic E-state index is -0.375. The van der Waals surface area contributed by atoms with Gasteiger partial charge in [-0.05, 0) is 31.2 Å². The number of amides is 1. The Hall–Kier alpha value is -3.53. The average Bonchev–Trinajstić information content (AvgIpc) is 3.30. The Morgan fingerprint density at radius 3 is 2.96 bits per heavy atom. The minimum absolute atomic E-state index is 0.162. The maximum Gasteiger partial charge on any atom is 0.274 e. The number of hydrogen-bond donors (Lipinski definition) is 1. The number of aromatic nitrogens is 2. The van der Waals surface area contributed by atoms with Crippen LogP contribution in [0.3, 0.4) is 0 Å². The molecule has 3 rings (SSSR count). The van der Waals surface area contributed by atoms with Crippen molar-refractivity contribution in [2.45, 2.75) is 6.92 Å². The van der Waals surface area contributed by atoms with E-state index in [0.717, 1.165) is 5.69 Å². The fourth-order valence-corrected chi connectivity index (χ4v) is 1.90. The molecule has 0 aromatic carbocycles. The maximum absolute atomic E-state index is 11.9. The summed E-state index contributed by atoms with van der Waals surface area (Å²) in [5, 5.41) is 6.34. The molecule has 7 heteroatoms. The topological polar surface area (TPSA) is 90.4 Å². The molecule has 0 spiro atoms. The van der Waals surface area contributed by atoms with E-state index in [9.17, 15) is 4.79 Å². The lowest BCUT2D eigenvalue weighted by Crippen LogP contribution is -2.23. The summed E-state index contributed by atoms with van der Waals surface area (Å²) in [4.78, 5) is 16.1. The Labute approximate surface area is 144 Å². The zero-order valence-electron chi connectivity index (χ0n) is 13.5. The van der Waals surface area contributed by atoms with E-state index >= 15 is 0 Å². The van der Waals surface area contributed by atoms with E-state index < -0.39 is 0 Å². The highest BCUT2D eigenvalue weighted by atomic mass is 16.5. The van der Waals surface area contributed by atoms with Crippen LogP contribution in [0.2, 0.25) is 0 Å². The first-order chi connectivity index (χ1) is 12.2. The van der Waals surface area contributed by atoms with E-state index in [1.165, 1.54) is 12.3 Å². The van der Waals surface area contributed by atoms with Crippen molar-refractivity contribution in [3.8, 4) is 29.1 Å². The van der Waals surface area contributed by atoms with Gasteiger partial charge >= 0.3 is 0 Å². The molecule has 25 heavy (non-hydrogen) atoms. The summed E-state index contributed by atoms with van der Waals surface area (Å²) in [6.07, 6.45) is 3.15. The summed E-state index contributed by atoms with van der Waals surface area (Å²) in [6, 6.07) is 8.64. The van der Waals surface area contributed by atoms with Crippen LogP contribution in [0.15, 0.2) is 51.7 Å². The molecule has 0 aliphatic heterocycles. The van der Waals surface area contributed by atoms with Crippen LogP contribution in [-0.2, 0) is 0 Å². The molecule has 0 unspecified atom stereocenters. The molecule has 3 aromatic rings. The summed E-state index contributed by atoms with van der Waals surface area (Å²) in [7, 11) is 0. The molecule has 1 N–H and O–H groups in total.